The minimum atomic E-state index is -0.918. The number of esters is 1. The molecule has 0 saturated heterocycles. The average molecular weight is 417 g/mol. The van der Waals surface area contributed by atoms with Crippen LogP contribution in [0.5, 0.6) is 0 Å². The van der Waals surface area contributed by atoms with Gasteiger partial charge in [0.1, 0.15) is 5.82 Å². The Balaban J connectivity index is 1.46. The van der Waals surface area contributed by atoms with E-state index in [1.165, 1.54) is 4.57 Å². The number of aromatic nitrogens is 3. The first-order valence-electron chi connectivity index (χ1n) is 10.1. The zero-order chi connectivity index (χ0) is 22.1. The van der Waals surface area contributed by atoms with E-state index in [0.717, 1.165) is 16.6 Å². The van der Waals surface area contributed by atoms with E-state index in [4.69, 9.17) is 4.74 Å². The van der Waals surface area contributed by atoms with Crippen molar-refractivity contribution in [1.29, 1.82) is 0 Å². The van der Waals surface area contributed by atoms with Gasteiger partial charge >= 0.3 is 5.97 Å². The molecule has 0 spiro atoms. The first-order chi connectivity index (χ1) is 14.9. The van der Waals surface area contributed by atoms with E-state index in [0.29, 0.717) is 22.3 Å². The molecule has 0 aliphatic carbocycles. The lowest BCUT2D eigenvalue weighted by molar-refractivity contribution is -0.146. The van der Waals surface area contributed by atoms with Gasteiger partial charge in [-0.25, -0.2) is 4.98 Å². The number of nitrogens with one attached hydrogen (secondary N) is 1. The van der Waals surface area contributed by atoms with Crippen LogP contribution in [-0.2, 0) is 23.0 Å². The minimum absolute atomic E-state index is 0.0170. The highest BCUT2D eigenvalue weighted by molar-refractivity contribution is 6.11. The molecule has 2 heterocycles. The molecule has 0 saturated carbocycles. The number of ketones is 1. The number of nitrogens with zero attached hydrogens (tertiary/aromatic N) is 2. The number of benzene rings is 2. The van der Waals surface area contributed by atoms with Crippen LogP contribution in [0.25, 0.3) is 21.8 Å². The molecule has 7 heteroatoms. The van der Waals surface area contributed by atoms with E-state index < -0.39 is 12.1 Å². The van der Waals surface area contributed by atoms with Crippen LogP contribution in [0.15, 0.2) is 53.3 Å². The zero-order valence-corrected chi connectivity index (χ0v) is 17.6. The first kappa shape index (κ1) is 20.5. The summed E-state index contributed by atoms with van der Waals surface area (Å²) in [5.41, 5.74) is 2.57. The highest BCUT2D eigenvalue weighted by Crippen LogP contribution is 2.24. The molecule has 7 nitrogen and oxygen atoms in total. The molecular weight excluding hydrogens is 394 g/mol. The molecular formula is C24H23N3O4. The Bertz CT molecular complexity index is 1370. The van der Waals surface area contributed by atoms with E-state index in [1.807, 2.05) is 37.3 Å². The largest absolute Gasteiger partial charge is 0.454 e. The van der Waals surface area contributed by atoms with Gasteiger partial charge < -0.3 is 9.72 Å². The number of H-pyrrole nitrogens is 1. The molecule has 158 valence electrons. The quantitative estimate of drug-likeness (QED) is 0.383. The second kappa shape index (κ2) is 8.18. The summed E-state index contributed by atoms with van der Waals surface area (Å²) < 4.78 is 6.85. The third-order valence-corrected chi connectivity index (χ3v) is 5.45. The fourth-order valence-electron chi connectivity index (χ4n) is 3.81. The highest BCUT2D eigenvalue weighted by Gasteiger charge is 2.24. The number of ether oxygens (including phenoxy) is 1. The van der Waals surface area contributed by atoms with Crippen molar-refractivity contribution < 1.29 is 14.3 Å². The minimum Gasteiger partial charge on any atom is -0.454 e. The number of carbonyl (C=O) groups is 2. The Labute approximate surface area is 178 Å². The topological polar surface area (TPSA) is 94.1 Å². The van der Waals surface area contributed by atoms with Crippen LogP contribution in [0.1, 0.15) is 35.2 Å². The van der Waals surface area contributed by atoms with Gasteiger partial charge in [0.2, 0.25) is 5.78 Å². The molecule has 31 heavy (non-hydrogen) atoms. The molecule has 4 aromatic rings. The molecule has 0 radical (unpaired) electrons. The van der Waals surface area contributed by atoms with Crippen LogP contribution < -0.4 is 5.56 Å². The van der Waals surface area contributed by atoms with Crippen LogP contribution >= 0.6 is 0 Å². The van der Waals surface area contributed by atoms with Crippen molar-refractivity contribution in [2.45, 2.75) is 32.8 Å². The third kappa shape index (κ3) is 3.86. The van der Waals surface area contributed by atoms with Gasteiger partial charge in [-0.3, -0.25) is 19.0 Å². The summed E-state index contributed by atoms with van der Waals surface area (Å²) in [6.07, 6.45) is -0.662. The Morgan fingerprint density at radius 3 is 2.55 bits per heavy atom. The van der Waals surface area contributed by atoms with Crippen molar-refractivity contribution in [2.75, 3.05) is 0 Å². The summed E-state index contributed by atoms with van der Waals surface area (Å²) in [5, 5.41) is 1.34. The van der Waals surface area contributed by atoms with Crippen molar-refractivity contribution in [3.63, 3.8) is 0 Å². The lowest BCUT2D eigenvalue weighted by atomic mass is 10.0. The van der Waals surface area contributed by atoms with Gasteiger partial charge in [-0.1, -0.05) is 30.3 Å². The van der Waals surface area contributed by atoms with Gasteiger partial charge in [0.25, 0.3) is 5.56 Å². The zero-order valence-electron chi connectivity index (χ0n) is 17.6. The molecule has 0 unspecified atom stereocenters. The van der Waals surface area contributed by atoms with Crippen LogP contribution in [-0.4, -0.2) is 32.4 Å². The number of aryl methyl sites for hydroxylation is 2. The van der Waals surface area contributed by atoms with Gasteiger partial charge in [-0.05, 0) is 32.0 Å². The summed E-state index contributed by atoms with van der Waals surface area (Å²) in [7, 11) is 1.63. The number of aromatic amines is 1. The fraction of sp³-hybridized carbons (Fsp3) is 0.250. The normalized spacial score (nSPS) is 12.2. The Morgan fingerprint density at radius 2 is 1.77 bits per heavy atom. The molecule has 2 aromatic heterocycles. The summed E-state index contributed by atoms with van der Waals surface area (Å²) in [4.78, 5) is 45.5. The number of Topliss-reactive ketones (excluding diaryl/α,β-unsaturated/α-hetero) is 1. The SMILES string of the molecule is Cc1[nH]c2ccccc2c1C(=O)[C@@H](C)OC(=O)CCc1nc2ccccc2c(=O)n1C. The molecule has 0 aliphatic rings. The first-order valence-corrected chi connectivity index (χ1v) is 10.1. The Hall–Kier alpha value is -3.74. The summed E-state index contributed by atoms with van der Waals surface area (Å²) in [6.45, 7) is 3.40. The molecule has 0 fully saturated rings. The van der Waals surface area contributed by atoms with Gasteiger partial charge in [0.05, 0.1) is 17.3 Å². The number of carbonyl (C=O) groups excluding carboxylic acids is 2. The number of fused-ring (bicyclic) bond motifs is 2. The van der Waals surface area contributed by atoms with Crippen LogP contribution in [0.4, 0.5) is 0 Å². The van der Waals surface area contributed by atoms with E-state index in [9.17, 15) is 14.4 Å². The lowest BCUT2D eigenvalue weighted by Gasteiger charge is -2.13. The van der Waals surface area contributed by atoms with Crippen molar-refractivity contribution in [2.24, 2.45) is 7.05 Å². The third-order valence-electron chi connectivity index (χ3n) is 5.45. The second-order valence-corrected chi connectivity index (χ2v) is 7.58. The van der Waals surface area contributed by atoms with Crippen molar-refractivity contribution in [1.82, 2.24) is 14.5 Å². The number of hydrogen-bond acceptors (Lipinski definition) is 5. The predicted octanol–water partition coefficient (Wildman–Crippen LogP) is 3.47. The molecule has 4 rings (SSSR count). The fourth-order valence-corrected chi connectivity index (χ4v) is 3.81. The second-order valence-electron chi connectivity index (χ2n) is 7.58. The monoisotopic (exact) mass is 417 g/mol. The molecule has 0 aliphatic heterocycles. The van der Waals surface area contributed by atoms with Crippen LogP contribution in [0.2, 0.25) is 0 Å². The standard InChI is InChI=1S/C24H23N3O4/c1-14-22(16-8-4-6-10-18(16)25-14)23(29)15(2)31-21(28)13-12-20-26-19-11-7-5-9-17(19)24(30)27(20)3/h4-11,15,25H,12-13H2,1-3H3/t15-/m1/s1. The van der Waals surface area contributed by atoms with E-state index >= 15 is 0 Å². The van der Waals surface area contributed by atoms with Crippen molar-refractivity contribution in [3.8, 4) is 0 Å². The maximum absolute atomic E-state index is 12.9. The molecule has 0 amide bonds. The Kier molecular flexibility index (Phi) is 5.42. The molecule has 1 atom stereocenters. The maximum Gasteiger partial charge on any atom is 0.306 e. The lowest BCUT2D eigenvalue weighted by Crippen LogP contribution is -2.26. The highest BCUT2D eigenvalue weighted by atomic mass is 16.5. The number of rotatable bonds is 6. The molecule has 1 N–H and O–H groups in total. The summed E-state index contributed by atoms with van der Waals surface area (Å²) in [5.74, 6) is -0.271. The predicted molar refractivity (Wildman–Crippen MR) is 118 cm³/mol. The maximum atomic E-state index is 12.9. The number of hydrogen-bond donors (Lipinski definition) is 1. The summed E-state index contributed by atoms with van der Waals surface area (Å²) >= 11 is 0. The van der Waals surface area contributed by atoms with E-state index in [1.54, 1.807) is 32.2 Å². The van der Waals surface area contributed by atoms with E-state index in [-0.39, 0.29) is 24.2 Å². The van der Waals surface area contributed by atoms with Crippen LogP contribution in [0.3, 0.4) is 0 Å². The van der Waals surface area contributed by atoms with Crippen molar-refractivity contribution >= 4 is 33.6 Å². The van der Waals surface area contributed by atoms with Gasteiger partial charge in [-0.2, -0.15) is 0 Å². The van der Waals surface area contributed by atoms with Gasteiger partial charge in [0, 0.05) is 35.6 Å². The smallest absolute Gasteiger partial charge is 0.306 e. The molecule has 2 aromatic carbocycles. The summed E-state index contributed by atoms with van der Waals surface area (Å²) in [6, 6.07) is 14.6. The van der Waals surface area contributed by atoms with Gasteiger partial charge in [0.15, 0.2) is 6.10 Å². The van der Waals surface area contributed by atoms with Gasteiger partial charge in [-0.15, -0.1) is 0 Å². The average Bonchev–Trinajstić information content (AvgIpc) is 3.10. The van der Waals surface area contributed by atoms with Crippen LogP contribution in [0, 0.1) is 6.92 Å². The molecule has 0 bridgehead atoms. The van der Waals surface area contributed by atoms with E-state index in [2.05, 4.69) is 9.97 Å². The van der Waals surface area contributed by atoms with Crippen molar-refractivity contribution in [3.05, 3.63) is 76.0 Å². The number of para-hydroxylation sites is 2. The Morgan fingerprint density at radius 1 is 1.10 bits per heavy atom.